The fourth-order valence-corrected chi connectivity index (χ4v) is 4.81. The molecule has 0 radical (unpaired) electrons. The fourth-order valence-electron chi connectivity index (χ4n) is 4.56. The summed E-state index contributed by atoms with van der Waals surface area (Å²) in [4.78, 5) is 15.8. The summed E-state index contributed by atoms with van der Waals surface area (Å²) in [6, 6.07) is 20.2. The highest BCUT2D eigenvalue weighted by Crippen LogP contribution is 2.47. The molecule has 6 nitrogen and oxygen atoms in total. The van der Waals surface area contributed by atoms with Gasteiger partial charge in [-0.2, -0.15) is 5.10 Å². The largest absolute Gasteiger partial charge is 0.386 e. The monoisotopic (exact) mass is 521 g/mol. The van der Waals surface area contributed by atoms with Crippen LogP contribution in [0.5, 0.6) is 0 Å². The maximum atomic E-state index is 14.1. The summed E-state index contributed by atoms with van der Waals surface area (Å²) < 4.78 is 6.71. The minimum absolute atomic E-state index is 0.201. The van der Waals surface area contributed by atoms with Crippen molar-refractivity contribution in [2.75, 3.05) is 0 Å². The van der Waals surface area contributed by atoms with Crippen LogP contribution in [0.15, 0.2) is 79.1 Å². The number of nitrogens with one attached hydrogen (secondary N) is 1. The second kappa shape index (κ2) is 9.37. The lowest BCUT2D eigenvalue weighted by Gasteiger charge is -2.39. The average molecular weight is 522 g/mol. The predicted octanol–water partition coefficient (Wildman–Crippen LogP) is 6.02. The molecule has 2 heterocycles. The first-order chi connectivity index (χ1) is 17.2. The van der Waals surface area contributed by atoms with Gasteiger partial charge in [0.15, 0.2) is 5.72 Å². The van der Waals surface area contributed by atoms with Crippen LogP contribution in [-0.2, 0) is 29.2 Å². The molecule has 0 aliphatic carbocycles. The molecule has 36 heavy (non-hydrogen) atoms. The molecule has 1 amide bonds. The van der Waals surface area contributed by atoms with Gasteiger partial charge in [-0.05, 0) is 55.3 Å². The van der Waals surface area contributed by atoms with Gasteiger partial charge in [-0.15, -0.1) is 0 Å². The second-order valence-corrected chi connectivity index (χ2v) is 10.3. The van der Waals surface area contributed by atoms with Crippen molar-refractivity contribution in [3.05, 3.63) is 123 Å². The zero-order valence-electron chi connectivity index (χ0n) is 19.8. The van der Waals surface area contributed by atoms with Crippen molar-refractivity contribution in [2.45, 2.75) is 38.3 Å². The number of hydrogen-bond donors (Lipinski definition) is 2. The molecule has 0 unspecified atom stereocenters. The number of halogens is 2. The molecule has 1 aliphatic rings. The van der Waals surface area contributed by atoms with Gasteiger partial charge >= 0.3 is 0 Å². The van der Waals surface area contributed by atoms with Gasteiger partial charge in [0.05, 0.1) is 18.4 Å². The molecule has 0 fully saturated rings. The number of aromatic amines is 1. The highest BCUT2D eigenvalue weighted by atomic mass is 35.5. The predicted molar refractivity (Wildman–Crippen MR) is 139 cm³/mol. The van der Waals surface area contributed by atoms with Crippen molar-refractivity contribution in [2.24, 2.45) is 0 Å². The zero-order chi connectivity index (χ0) is 25.5. The summed E-state index contributed by atoms with van der Waals surface area (Å²) in [5.74, 6) is -0.201. The Morgan fingerprint density at radius 1 is 1.00 bits per heavy atom. The zero-order valence-corrected chi connectivity index (χ0v) is 21.3. The van der Waals surface area contributed by atoms with Crippen LogP contribution in [0, 0.1) is 0 Å². The summed E-state index contributed by atoms with van der Waals surface area (Å²) in [5, 5.41) is 18.7. The molecule has 5 rings (SSSR count). The lowest BCUT2D eigenvalue weighted by molar-refractivity contribution is -0.120. The van der Waals surface area contributed by atoms with Crippen LogP contribution in [0.3, 0.4) is 0 Å². The van der Waals surface area contributed by atoms with E-state index in [2.05, 4.69) is 10.2 Å². The number of nitrogens with zero attached hydrogens (tertiary/aromatic N) is 2. The molecule has 0 bridgehead atoms. The van der Waals surface area contributed by atoms with E-state index in [0.29, 0.717) is 26.7 Å². The molecule has 3 aromatic carbocycles. The molecule has 1 aliphatic heterocycles. The number of fused-ring (bicyclic) bond motifs is 1. The Hall–Kier alpha value is -3.16. The van der Waals surface area contributed by atoms with E-state index in [1.807, 2.05) is 36.4 Å². The lowest BCUT2D eigenvalue weighted by Crippen LogP contribution is -2.46. The molecule has 4 aromatic rings. The van der Waals surface area contributed by atoms with Crippen LogP contribution in [0.2, 0.25) is 10.0 Å². The standard InChI is InChI=1S/C28H25Cl2N3O3/c1-27(2,35)21-7-12-25-24(13-21)26(34)33(16-18-3-8-22(29)9-4-18)28(25,20-5-10-23(30)11-6-20)36-17-19-14-31-32-15-19/h3-15,35H,16-17H2,1-2H3,(H,31,32)/t28-/m1/s1. The van der Waals surface area contributed by atoms with Crippen LogP contribution in [0.1, 0.15) is 52.0 Å². The smallest absolute Gasteiger partial charge is 0.257 e. The number of rotatable bonds is 7. The molecule has 184 valence electrons. The van der Waals surface area contributed by atoms with Gasteiger partial charge < -0.3 is 9.84 Å². The number of aromatic nitrogens is 2. The fraction of sp³-hybridized carbons (Fsp3) is 0.214. The summed E-state index contributed by atoms with van der Waals surface area (Å²) in [7, 11) is 0. The number of ether oxygens (including phenoxy) is 1. The summed E-state index contributed by atoms with van der Waals surface area (Å²) >= 11 is 12.3. The molecule has 8 heteroatoms. The highest BCUT2D eigenvalue weighted by Gasteiger charge is 2.52. The Bertz CT molecular complexity index is 1380. The van der Waals surface area contributed by atoms with Gasteiger partial charge in [-0.3, -0.25) is 14.8 Å². The molecule has 0 saturated heterocycles. The number of carbonyl (C=O) groups is 1. The van der Waals surface area contributed by atoms with E-state index in [-0.39, 0.29) is 19.1 Å². The summed E-state index contributed by atoms with van der Waals surface area (Å²) in [5.41, 5.74) is 1.95. The van der Waals surface area contributed by atoms with E-state index in [1.165, 1.54) is 0 Å². The Labute approximate surface area is 219 Å². The van der Waals surface area contributed by atoms with E-state index in [4.69, 9.17) is 27.9 Å². The lowest BCUT2D eigenvalue weighted by atomic mass is 9.89. The molecular weight excluding hydrogens is 497 g/mol. The van der Waals surface area contributed by atoms with Gasteiger partial charge in [-0.1, -0.05) is 59.6 Å². The van der Waals surface area contributed by atoms with Crippen LogP contribution in [-0.4, -0.2) is 26.1 Å². The Balaban J connectivity index is 1.71. The first kappa shape index (κ1) is 24.5. The van der Waals surface area contributed by atoms with Gasteiger partial charge in [0, 0.05) is 45.0 Å². The molecule has 1 atom stereocenters. The number of amides is 1. The number of benzene rings is 3. The Morgan fingerprint density at radius 2 is 1.67 bits per heavy atom. The highest BCUT2D eigenvalue weighted by molar-refractivity contribution is 6.30. The van der Waals surface area contributed by atoms with E-state index >= 15 is 0 Å². The number of H-pyrrole nitrogens is 1. The number of hydrogen-bond acceptors (Lipinski definition) is 4. The maximum absolute atomic E-state index is 14.1. The van der Waals surface area contributed by atoms with Gasteiger partial charge in [-0.25, -0.2) is 0 Å². The van der Waals surface area contributed by atoms with Crippen LogP contribution in [0.25, 0.3) is 0 Å². The van der Waals surface area contributed by atoms with Crippen molar-refractivity contribution in [3.63, 3.8) is 0 Å². The van der Waals surface area contributed by atoms with Crippen molar-refractivity contribution in [3.8, 4) is 0 Å². The first-order valence-electron chi connectivity index (χ1n) is 11.5. The molecule has 1 aromatic heterocycles. The quantitative estimate of drug-likeness (QED) is 0.311. The Morgan fingerprint density at radius 3 is 2.28 bits per heavy atom. The topological polar surface area (TPSA) is 78.4 Å². The van der Waals surface area contributed by atoms with Gasteiger partial charge in [0.2, 0.25) is 0 Å². The van der Waals surface area contributed by atoms with E-state index in [9.17, 15) is 9.90 Å². The van der Waals surface area contributed by atoms with E-state index < -0.39 is 11.3 Å². The minimum Gasteiger partial charge on any atom is -0.386 e. The van der Waals surface area contributed by atoms with Crippen LogP contribution in [0.4, 0.5) is 0 Å². The maximum Gasteiger partial charge on any atom is 0.257 e. The summed E-state index contributed by atoms with van der Waals surface area (Å²) in [6.07, 6.45) is 3.45. The minimum atomic E-state index is -1.24. The average Bonchev–Trinajstić information content (AvgIpc) is 3.45. The van der Waals surface area contributed by atoms with Gasteiger partial charge in [0.25, 0.3) is 5.91 Å². The SMILES string of the molecule is CC(C)(O)c1ccc2c(c1)C(=O)N(Cc1ccc(Cl)cc1)[C@@]2(OCc1cn[nH]c1)c1ccc(Cl)cc1. The summed E-state index contributed by atoms with van der Waals surface area (Å²) in [6.45, 7) is 3.87. The molecule has 0 spiro atoms. The third-order valence-electron chi connectivity index (χ3n) is 6.44. The molecule has 0 saturated carbocycles. The van der Waals surface area contributed by atoms with Crippen molar-refractivity contribution in [1.29, 1.82) is 0 Å². The third kappa shape index (κ3) is 4.42. The molecule has 2 N–H and O–H groups in total. The van der Waals surface area contributed by atoms with E-state index in [0.717, 1.165) is 16.7 Å². The van der Waals surface area contributed by atoms with Crippen molar-refractivity contribution >= 4 is 29.1 Å². The van der Waals surface area contributed by atoms with Crippen LogP contribution >= 0.6 is 23.2 Å². The number of carbonyl (C=O) groups excluding carboxylic acids is 1. The molecular formula is C28H25Cl2N3O3. The van der Waals surface area contributed by atoms with Crippen molar-refractivity contribution < 1.29 is 14.6 Å². The normalized spacial score (nSPS) is 17.5. The third-order valence-corrected chi connectivity index (χ3v) is 6.94. The second-order valence-electron chi connectivity index (χ2n) is 9.38. The van der Waals surface area contributed by atoms with E-state index in [1.54, 1.807) is 61.5 Å². The number of aliphatic hydroxyl groups is 1. The van der Waals surface area contributed by atoms with Crippen LogP contribution < -0.4 is 0 Å². The van der Waals surface area contributed by atoms with Crippen molar-refractivity contribution in [1.82, 2.24) is 15.1 Å². The first-order valence-corrected chi connectivity index (χ1v) is 12.3. The van der Waals surface area contributed by atoms with Gasteiger partial charge in [0.1, 0.15) is 0 Å². The Kier molecular flexibility index (Phi) is 6.39.